The Hall–Kier alpha value is -4.96. The zero-order valence-corrected chi connectivity index (χ0v) is 26.9. The largest absolute Gasteiger partial charge is 0.444 e. The normalized spacial score (nSPS) is 16.2. The van der Waals surface area contributed by atoms with E-state index in [0.29, 0.717) is 17.0 Å². The highest BCUT2D eigenvalue weighted by molar-refractivity contribution is 8.45. The molecule has 16 heteroatoms. The molecule has 2 N–H and O–H groups in total. The average Bonchev–Trinajstić information content (AvgIpc) is 3.56. The van der Waals surface area contributed by atoms with Crippen LogP contribution in [0.5, 0.6) is 0 Å². The van der Waals surface area contributed by atoms with Gasteiger partial charge in [-0.1, -0.05) is 25.5 Å². The summed E-state index contributed by atoms with van der Waals surface area (Å²) in [5.41, 5.74) is -0.704. The van der Waals surface area contributed by atoms with Crippen molar-refractivity contribution in [3.63, 3.8) is 0 Å². The number of anilines is 1. The SMILES string of the molecule is Cc1ccc(NC(=O)c2cc(C3(O)CN(C(=O)OC(C)(C)C)C3)cc(S(F)(F)(F)(F)F)c2)cc1-n1ccn2nc(-c3cccnc3)cc12. The predicted molar refractivity (Wildman–Crippen MR) is 170 cm³/mol. The number of nitrogens with zero attached hydrogens (tertiary/aromatic N) is 5. The van der Waals surface area contributed by atoms with Crippen LogP contribution in [0.1, 0.15) is 42.3 Å². The first kappa shape index (κ1) is 33.0. The van der Waals surface area contributed by atoms with Crippen LogP contribution in [0.3, 0.4) is 0 Å². The Morgan fingerprint density at radius 3 is 2.38 bits per heavy atom. The van der Waals surface area contributed by atoms with Gasteiger partial charge < -0.3 is 20.1 Å². The number of carbonyl (C=O) groups excluding carboxylic acids is 2. The lowest BCUT2D eigenvalue weighted by Crippen LogP contribution is -2.62. The number of benzene rings is 2. The zero-order valence-electron chi connectivity index (χ0n) is 26.1. The molecule has 2 aromatic carbocycles. The molecule has 0 bridgehead atoms. The number of nitrogens with one attached hydrogen (secondary N) is 1. The number of aliphatic hydroxyl groups is 1. The second kappa shape index (κ2) is 10.3. The number of hydrogen-bond donors (Lipinski definition) is 2. The van der Waals surface area contributed by atoms with Crippen LogP contribution in [0.2, 0.25) is 0 Å². The highest BCUT2D eigenvalue weighted by atomic mass is 32.5. The molecule has 48 heavy (non-hydrogen) atoms. The Labute approximate surface area is 271 Å². The summed E-state index contributed by atoms with van der Waals surface area (Å²) in [6.45, 7) is 5.57. The van der Waals surface area contributed by atoms with Crippen molar-refractivity contribution >= 4 is 33.6 Å². The number of amides is 2. The molecule has 3 aromatic heterocycles. The molecule has 5 aromatic rings. The summed E-state index contributed by atoms with van der Waals surface area (Å²) >= 11 is 0. The smallest absolute Gasteiger partial charge is 0.410 e. The fraction of sp³-hybridized carbons (Fsp3) is 0.250. The van der Waals surface area contributed by atoms with E-state index in [0.717, 1.165) is 22.1 Å². The van der Waals surface area contributed by atoms with E-state index in [1.165, 1.54) is 6.07 Å². The fourth-order valence-electron chi connectivity index (χ4n) is 5.33. The van der Waals surface area contributed by atoms with Crippen LogP contribution < -0.4 is 5.32 Å². The van der Waals surface area contributed by atoms with Crippen LogP contribution in [-0.4, -0.2) is 59.9 Å². The molecule has 4 heterocycles. The van der Waals surface area contributed by atoms with Crippen molar-refractivity contribution in [3.05, 3.63) is 96.1 Å². The summed E-state index contributed by atoms with van der Waals surface area (Å²) in [7, 11) is -10.3. The number of β-amino-alcohol motifs (C(OH)–C–C–N with tert-alkyl or cyclic N) is 1. The number of carbonyl (C=O) groups is 2. The Balaban J connectivity index is 1.31. The summed E-state index contributed by atoms with van der Waals surface area (Å²) in [6.07, 6.45) is 5.94. The first-order chi connectivity index (χ1) is 22.1. The van der Waals surface area contributed by atoms with Gasteiger partial charge in [0, 0.05) is 47.7 Å². The van der Waals surface area contributed by atoms with Gasteiger partial charge in [0.2, 0.25) is 0 Å². The van der Waals surface area contributed by atoms with Gasteiger partial charge in [-0.05, 0) is 81.3 Å². The molecule has 0 radical (unpaired) electrons. The number of ether oxygens (including phenoxy) is 1. The highest BCUT2D eigenvalue weighted by Crippen LogP contribution is 3.02. The van der Waals surface area contributed by atoms with E-state index in [1.54, 1.807) is 72.8 Å². The van der Waals surface area contributed by atoms with E-state index in [2.05, 4.69) is 15.4 Å². The molecule has 1 aliphatic rings. The van der Waals surface area contributed by atoms with Gasteiger partial charge in [-0.25, -0.2) is 9.31 Å². The summed E-state index contributed by atoms with van der Waals surface area (Å²) < 4.78 is 79.1. The van der Waals surface area contributed by atoms with Gasteiger partial charge in [0.15, 0.2) is 0 Å². The second-order valence-electron chi connectivity index (χ2n) is 12.8. The molecule has 1 aliphatic heterocycles. The monoisotopic (exact) mass is 690 g/mol. The second-order valence-corrected chi connectivity index (χ2v) is 15.2. The van der Waals surface area contributed by atoms with E-state index in [9.17, 15) is 34.1 Å². The third-order valence-electron chi connectivity index (χ3n) is 7.71. The average molecular weight is 691 g/mol. The first-order valence-electron chi connectivity index (χ1n) is 14.6. The van der Waals surface area contributed by atoms with Crippen molar-refractivity contribution in [1.82, 2.24) is 24.1 Å². The highest BCUT2D eigenvalue weighted by Gasteiger charge is 2.66. The van der Waals surface area contributed by atoms with E-state index in [4.69, 9.17) is 4.74 Å². The molecule has 254 valence electrons. The molecular weight excluding hydrogens is 659 g/mol. The minimum atomic E-state index is -10.3. The summed E-state index contributed by atoms with van der Waals surface area (Å²) in [6, 6.07) is 11.3. The van der Waals surface area contributed by atoms with Gasteiger partial charge >= 0.3 is 16.3 Å². The summed E-state index contributed by atoms with van der Waals surface area (Å²) in [5, 5.41) is 18.1. The molecule has 0 unspecified atom stereocenters. The van der Waals surface area contributed by atoms with Crippen molar-refractivity contribution in [3.8, 4) is 16.9 Å². The Kier molecular flexibility index (Phi) is 7.05. The van der Waals surface area contributed by atoms with Gasteiger partial charge in [0.25, 0.3) is 5.91 Å². The van der Waals surface area contributed by atoms with Crippen molar-refractivity contribution in [1.29, 1.82) is 0 Å². The Bertz CT molecular complexity index is 2090. The summed E-state index contributed by atoms with van der Waals surface area (Å²) in [5.74, 6) is -1.12. The minimum absolute atomic E-state index is 0.0604. The van der Waals surface area contributed by atoms with Crippen LogP contribution in [0.25, 0.3) is 22.6 Å². The molecule has 0 saturated carbocycles. The molecule has 10 nitrogen and oxygen atoms in total. The fourth-order valence-corrected chi connectivity index (χ4v) is 6.03. The van der Waals surface area contributed by atoms with Crippen LogP contribution in [-0.2, 0) is 10.3 Å². The van der Waals surface area contributed by atoms with Crippen molar-refractivity contribution in [2.45, 2.75) is 43.8 Å². The number of fused-ring (bicyclic) bond motifs is 1. The Morgan fingerprint density at radius 2 is 1.73 bits per heavy atom. The predicted octanol–water partition coefficient (Wildman–Crippen LogP) is 7.84. The lowest BCUT2D eigenvalue weighted by Gasteiger charge is -2.47. The standard InChI is InChI=1S/C32H31F5N6O4S/c1-20-7-8-24(15-27(20)42-10-11-43-28(42)16-26(40-43)21-6-5-9-38-17-21)39-29(44)22-12-23(14-25(13-22)48(33,34,35,36)37)32(46)18-41(19-32)30(45)47-31(2,3)4/h5-17,46H,18-19H2,1-4H3,(H,39,44). The number of hydrogen-bond acceptors (Lipinski definition) is 6. The maximum atomic E-state index is 14.1. The molecule has 0 spiro atoms. The number of aromatic nitrogens is 4. The minimum Gasteiger partial charge on any atom is -0.444 e. The number of likely N-dealkylation sites (tertiary alicyclic amines) is 1. The maximum absolute atomic E-state index is 14.1. The lowest BCUT2D eigenvalue weighted by molar-refractivity contribution is -0.103. The number of pyridine rings is 1. The van der Waals surface area contributed by atoms with Gasteiger partial charge in [-0.15, -0.1) is 0 Å². The third kappa shape index (κ3) is 6.57. The molecule has 0 atom stereocenters. The van der Waals surface area contributed by atoms with Crippen molar-refractivity contribution in [2.75, 3.05) is 18.4 Å². The third-order valence-corrected chi connectivity index (χ3v) is 8.84. The first-order valence-corrected chi connectivity index (χ1v) is 16.5. The van der Waals surface area contributed by atoms with Crippen LogP contribution in [0.15, 0.2) is 84.3 Å². The molecule has 6 rings (SSSR count). The summed E-state index contributed by atoms with van der Waals surface area (Å²) in [4.78, 5) is 28.5. The zero-order chi connectivity index (χ0) is 34.9. The number of aryl methyl sites for hydroxylation is 1. The maximum Gasteiger partial charge on any atom is 0.410 e. The molecule has 1 saturated heterocycles. The van der Waals surface area contributed by atoms with E-state index < -0.39 is 62.5 Å². The van der Waals surface area contributed by atoms with E-state index in [1.807, 2.05) is 19.1 Å². The lowest BCUT2D eigenvalue weighted by atomic mass is 9.85. The van der Waals surface area contributed by atoms with Gasteiger partial charge in [-0.2, -0.15) is 5.10 Å². The van der Waals surface area contributed by atoms with Crippen LogP contribution >= 0.6 is 10.2 Å². The van der Waals surface area contributed by atoms with Gasteiger partial charge in [-0.3, -0.25) is 14.3 Å². The van der Waals surface area contributed by atoms with Crippen LogP contribution in [0, 0.1) is 6.92 Å². The molecule has 2 amide bonds. The number of halogens is 5. The quantitative estimate of drug-likeness (QED) is 0.176. The molecule has 1 fully saturated rings. The van der Waals surface area contributed by atoms with Gasteiger partial charge in [0.1, 0.15) is 21.7 Å². The van der Waals surface area contributed by atoms with Crippen molar-refractivity contribution in [2.24, 2.45) is 0 Å². The topological polar surface area (TPSA) is 114 Å². The molecule has 0 aliphatic carbocycles. The van der Waals surface area contributed by atoms with E-state index in [-0.39, 0.29) is 17.8 Å². The number of imidazole rings is 1. The van der Waals surface area contributed by atoms with Gasteiger partial charge in [0.05, 0.1) is 24.5 Å². The van der Waals surface area contributed by atoms with E-state index >= 15 is 0 Å². The van der Waals surface area contributed by atoms with Crippen molar-refractivity contribution < 1.29 is 38.9 Å². The number of rotatable bonds is 6. The molecular formula is C32H31F5N6O4S. The Morgan fingerprint density at radius 1 is 1.00 bits per heavy atom. The van der Waals surface area contributed by atoms with Crippen LogP contribution in [0.4, 0.5) is 29.9 Å².